The molecule has 2 rings (SSSR count). The SMILES string of the molecule is CCCCCCCCCCCC1=C(C)C(=O)c2c(C)ccc(C)c2C1=O. The van der Waals surface area contributed by atoms with Gasteiger partial charge in [0.25, 0.3) is 0 Å². The number of carbonyl (C=O) groups excluding carboxylic acids is 2. The Hall–Kier alpha value is -1.70. The minimum absolute atomic E-state index is 0.0479. The van der Waals surface area contributed by atoms with Gasteiger partial charge in [0.05, 0.1) is 0 Å². The summed E-state index contributed by atoms with van der Waals surface area (Å²) in [5.41, 5.74) is 4.51. The van der Waals surface area contributed by atoms with E-state index in [1.165, 1.54) is 44.9 Å². The van der Waals surface area contributed by atoms with Crippen LogP contribution in [0.15, 0.2) is 23.3 Å². The highest BCUT2D eigenvalue weighted by Gasteiger charge is 2.31. The first-order valence-electron chi connectivity index (χ1n) is 10.4. The van der Waals surface area contributed by atoms with Gasteiger partial charge in [0.2, 0.25) is 0 Å². The average Bonchev–Trinajstić information content (AvgIpc) is 2.62. The second-order valence-corrected chi connectivity index (χ2v) is 7.79. The van der Waals surface area contributed by atoms with Crippen LogP contribution in [0.5, 0.6) is 0 Å². The molecule has 2 heteroatoms. The van der Waals surface area contributed by atoms with Gasteiger partial charge in [-0.1, -0.05) is 70.4 Å². The molecule has 0 heterocycles. The van der Waals surface area contributed by atoms with Crippen LogP contribution in [0.2, 0.25) is 0 Å². The normalized spacial score (nSPS) is 14.2. The number of allylic oxidation sites excluding steroid dienone is 2. The molecule has 1 aliphatic rings. The molecule has 1 aromatic carbocycles. The van der Waals surface area contributed by atoms with Crippen molar-refractivity contribution >= 4 is 11.6 Å². The highest BCUT2D eigenvalue weighted by atomic mass is 16.1. The highest BCUT2D eigenvalue weighted by molar-refractivity contribution is 6.27. The maximum atomic E-state index is 13.0. The molecule has 0 saturated carbocycles. The van der Waals surface area contributed by atoms with E-state index in [4.69, 9.17) is 0 Å². The summed E-state index contributed by atoms with van der Waals surface area (Å²) in [4.78, 5) is 25.8. The van der Waals surface area contributed by atoms with E-state index in [2.05, 4.69) is 6.92 Å². The molecule has 142 valence electrons. The molecule has 0 aromatic heterocycles. The quantitative estimate of drug-likeness (QED) is 0.427. The number of aryl methyl sites for hydroxylation is 2. The maximum absolute atomic E-state index is 13.0. The summed E-state index contributed by atoms with van der Waals surface area (Å²) < 4.78 is 0. The second-order valence-electron chi connectivity index (χ2n) is 7.79. The summed E-state index contributed by atoms with van der Waals surface area (Å²) in [7, 11) is 0. The van der Waals surface area contributed by atoms with Crippen molar-refractivity contribution in [1.29, 1.82) is 0 Å². The molecule has 1 aromatic rings. The fourth-order valence-electron chi connectivity index (χ4n) is 3.96. The zero-order valence-electron chi connectivity index (χ0n) is 17.0. The first-order chi connectivity index (χ1) is 12.5. The van der Waals surface area contributed by atoms with E-state index in [9.17, 15) is 9.59 Å². The largest absolute Gasteiger partial charge is 0.289 e. The smallest absolute Gasteiger partial charge is 0.190 e. The number of fused-ring (bicyclic) bond motifs is 1. The molecule has 0 N–H and O–H groups in total. The predicted molar refractivity (Wildman–Crippen MR) is 109 cm³/mol. The zero-order chi connectivity index (χ0) is 19.1. The summed E-state index contributed by atoms with van der Waals surface area (Å²) in [5, 5.41) is 0. The van der Waals surface area contributed by atoms with Gasteiger partial charge in [-0.15, -0.1) is 0 Å². The zero-order valence-corrected chi connectivity index (χ0v) is 17.0. The molecule has 0 radical (unpaired) electrons. The first kappa shape index (κ1) is 20.6. The number of carbonyl (C=O) groups is 2. The van der Waals surface area contributed by atoms with Crippen LogP contribution in [0.25, 0.3) is 0 Å². The second kappa shape index (κ2) is 9.85. The van der Waals surface area contributed by atoms with Crippen molar-refractivity contribution in [3.8, 4) is 0 Å². The average molecular weight is 355 g/mol. The first-order valence-corrected chi connectivity index (χ1v) is 10.4. The van der Waals surface area contributed by atoms with Crippen molar-refractivity contribution in [3.63, 3.8) is 0 Å². The summed E-state index contributed by atoms with van der Waals surface area (Å²) in [5.74, 6) is 0.129. The van der Waals surface area contributed by atoms with Crippen molar-refractivity contribution in [2.45, 2.75) is 91.9 Å². The van der Waals surface area contributed by atoms with Crippen molar-refractivity contribution in [2.75, 3.05) is 0 Å². The Morgan fingerprint density at radius 1 is 0.654 bits per heavy atom. The number of hydrogen-bond acceptors (Lipinski definition) is 2. The van der Waals surface area contributed by atoms with Gasteiger partial charge in [-0.2, -0.15) is 0 Å². The number of ketones is 2. The van der Waals surface area contributed by atoms with Crippen LogP contribution in [0, 0.1) is 13.8 Å². The fourth-order valence-corrected chi connectivity index (χ4v) is 3.96. The van der Waals surface area contributed by atoms with Crippen LogP contribution in [-0.2, 0) is 0 Å². The lowest BCUT2D eigenvalue weighted by atomic mass is 9.79. The molecule has 0 bridgehead atoms. The van der Waals surface area contributed by atoms with Crippen LogP contribution in [-0.4, -0.2) is 11.6 Å². The summed E-state index contributed by atoms with van der Waals surface area (Å²) in [6, 6.07) is 3.90. The Kier molecular flexibility index (Phi) is 7.81. The van der Waals surface area contributed by atoms with Crippen LogP contribution < -0.4 is 0 Å². The van der Waals surface area contributed by atoms with E-state index in [0.29, 0.717) is 16.7 Å². The van der Waals surface area contributed by atoms with Crippen molar-refractivity contribution in [1.82, 2.24) is 0 Å². The summed E-state index contributed by atoms with van der Waals surface area (Å²) in [6.45, 7) is 7.92. The van der Waals surface area contributed by atoms with Gasteiger partial charge < -0.3 is 0 Å². The third kappa shape index (κ3) is 4.72. The molecule has 0 fully saturated rings. The number of hydrogen-bond donors (Lipinski definition) is 0. The van der Waals surface area contributed by atoms with Crippen LogP contribution in [0.4, 0.5) is 0 Å². The number of benzene rings is 1. The number of Topliss-reactive ketones (excluding diaryl/α,β-unsaturated/α-hetero) is 2. The minimum atomic E-state index is 0.0479. The maximum Gasteiger partial charge on any atom is 0.190 e. The standard InChI is InChI=1S/C24H34O2/c1-5-6-7-8-9-10-11-12-13-14-20-19(4)23(25)21-17(2)15-16-18(3)22(21)24(20)26/h15-16H,5-14H2,1-4H3. The van der Waals surface area contributed by atoms with E-state index in [1.54, 1.807) is 0 Å². The van der Waals surface area contributed by atoms with Gasteiger partial charge in [0.15, 0.2) is 11.6 Å². The Morgan fingerprint density at radius 3 is 1.65 bits per heavy atom. The molecule has 0 spiro atoms. The van der Waals surface area contributed by atoms with E-state index < -0.39 is 0 Å². The highest BCUT2D eigenvalue weighted by Crippen LogP contribution is 2.32. The molecule has 0 amide bonds. The van der Waals surface area contributed by atoms with Gasteiger partial charge in [-0.05, 0) is 44.7 Å². The monoisotopic (exact) mass is 354 g/mol. The van der Waals surface area contributed by atoms with E-state index in [0.717, 1.165) is 36.0 Å². The molecular formula is C24H34O2. The molecular weight excluding hydrogens is 320 g/mol. The Labute approximate surface area is 159 Å². The fraction of sp³-hybridized carbons (Fsp3) is 0.583. The van der Waals surface area contributed by atoms with E-state index in [-0.39, 0.29) is 11.6 Å². The van der Waals surface area contributed by atoms with Crippen LogP contribution in [0.1, 0.15) is 110 Å². The molecule has 26 heavy (non-hydrogen) atoms. The van der Waals surface area contributed by atoms with Crippen molar-refractivity contribution in [2.24, 2.45) is 0 Å². The van der Waals surface area contributed by atoms with Crippen LogP contribution in [0.3, 0.4) is 0 Å². The molecule has 0 unspecified atom stereocenters. The Bertz CT molecular complexity index is 694. The third-order valence-electron chi connectivity index (χ3n) is 5.67. The summed E-state index contributed by atoms with van der Waals surface area (Å²) in [6.07, 6.45) is 12.1. The van der Waals surface area contributed by atoms with Crippen molar-refractivity contribution < 1.29 is 9.59 Å². The lowest BCUT2D eigenvalue weighted by molar-refractivity contribution is 0.0970. The lowest BCUT2D eigenvalue weighted by Crippen LogP contribution is -2.23. The molecule has 2 nitrogen and oxygen atoms in total. The third-order valence-corrected chi connectivity index (χ3v) is 5.67. The van der Waals surface area contributed by atoms with Gasteiger partial charge in [0.1, 0.15) is 0 Å². The number of rotatable bonds is 10. The van der Waals surface area contributed by atoms with Crippen molar-refractivity contribution in [3.05, 3.63) is 45.5 Å². The molecule has 1 aliphatic carbocycles. The number of unbranched alkanes of at least 4 members (excludes halogenated alkanes) is 8. The van der Waals surface area contributed by atoms with Crippen LogP contribution >= 0.6 is 0 Å². The van der Waals surface area contributed by atoms with Gasteiger partial charge in [-0.25, -0.2) is 0 Å². The Morgan fingerprint density at radius 2 is 1.12 bits per heavy atom. The predicted octanol–water partition coefficient (Wildman–Crippen LogP) is 6.92. The molecule has 0 saturated heterocycles. The van der Waals surface area contributed by atoms with E-state index in [1.807, 2.05) is 32.9 Å². The van der Waals surface area contributed by atoms with Gasteiger partial charge in [0, 0.05) is 22.3 Å². The Balaban J connectivity index is 1.90. The lowest BCUT2D eigenvalue weighted by Gasteiger charge is -2.22. The van der Waals surface area contributed by atoms with E-state index >= 15 is 0 Å². The minimum Gasteiger partial charge on any atom is -0.289 e. The van der Waals surface area contributed by atoms with Gasteiger partial charge >= 0.3 is 0 Å². The van der Waals surface area contributed by atoms with Gasteiger partial charge in [-0.3, -0.25) is 9.59 Å². The summed E-state index contributed by atoms with van der Waals surface area (Å²) >= 11 is 0. The molecule has 0 atom stereocenters. The molecule has 0 aliphatic heterocycles. The topological polar surface area (TPSA) is 34.1 Å².